The van der Waals surface area contributed by atoms with E-state index in [4.69, 9.17) is 4.74 Å². The number of pyridine rings is 1. The van der Waals surface area contributed by atoms with Crippen molar-refractivity contribution >= 4 is 11.6 Å². The fourth-order valence-corrected chi connectivity index (χ4v) is 4.68. The highest BCUT2D eigenvalue weighted by atomic mass is 19.1. The first-order valence-corrected chi connectivity index (χ1v) is 10.9. The maximum absolute atomic E-state index is 14.0. The number of hydrogen-bond acceptors (Lipinski definition) is 5. The maximum atomic E-state index is 14.0. The number of ether oxygens (including phenoxy) is 1. The molecule has 0 aliphatic carbocycles. The molecule has 3 heterocycles. The van der Waals surface area contributed by atoms with Gasteiger partial charge in [-0.3, -0.25) is 9.59 Å². The summed E-state index contributed by atoms with van der Waals surface area (Å²) in [5.74, 6) is -2.06. The number of hydrogen-bond donors (Lipinski definition) is 1. The number of rotatable bonds is 4. The topological polar surface area (TPSA) is 66.8 Å². The summed E-state index contributed by atoms with van der Waals surface area (Å²) in [7, 11) is 3.86. The summed E-state index contributed by atoms with van der Waals surface area (Å²) in [6.07, 6.45) is 3.05. The Balaban J connectivity index is 1.74. The minimum absolute atomic E-state index is 0.0178. The molecule has 0 saturated carbocycles. The number of benzene rings is 1. The van der Waals surface area contributed by atoms with Crippen LogP contribution in [-0.4, -0.2) is 54.3 Å². The molecule has 33 heavy (non-hydrogen) atoms. The second kappa shape index (κ2) is 8.72. The second-order valence-electron chi connectivity index (χ2n) is 8.82. The number of carbonyl (C=O) groups is 1. The van der Waals surface area contributed by atoms with E-state index >= 15 is 0 Å². The molecular formula is C24H28F2N4O3. The van der Waals surface area contributed by atoms with Gasteiger partial charge in [-0.1, -0.05) is 12.6 Å². The quantitative estimate of drug-likeness (QED) is 0.763. The Morgan fingerprint density at radius 2 is 1.97 bits per heavy atom. The molecule has 1 amide bonds. The van der Waals surface area contributed by atoms with Gasteiger partial charge < -0.3 is 19.6 Å². The van der Waals surface area contributed by atoms with E-state index in [9.17, 15) is 18.4 Å². The normalized spacial score (nSPS) is 17.4. The van der Waals surface area contributed by atoms with Crippen LogP contribution in [-0.2, 0) is 16.8 Å². The molecule has 1 saturated heterocycles. The van der Waals surface area contributed by atoms with Crippen molar-refractivity contribution in [3.63, 3.8) is 0 Å². The monoisotopic (exact) mass is 458 g/mol. The average molecular weight is 459 g/mol. The molecule has 1 N–H and O–H groups in total. The minimum atomic E-state index is -0.755. The van der Waals surface area contributed by atoms with Crippen molar-refractivity contribution < 1.29 is 18.3 Å². The SMILES string of the molecule is C=C1c2c(C)c(=O)c(C(=O)NCc3ccc(F)cc3F)cn2C2(CCOCC2)CN1N(C)C. The largest absolute Gasteiger partial charge is 0.381 e. The van der Waals surface area contributed by atoms with Crippen LogP contribution in [0.4, 0.5) is 8.78 Å². The van der Waals surface area contributed by atoms with Gasteiger partial charge in [-0.2, -0.15) is 0 Å². The number of carbonyl (C=O) groups excluding carboxylic acids is 1. The second-order valence-corrected chi connectivity index (χ2v) is 8.82. The molecule has 0 atom stereocenters. The van der Waals surface area contributed by atoms with Crippen LogP contribution in [0.2, 0.25) is 0 Å². The van der Waals surface area contributed by atoms with Crippen molar-refractivity contribution in [2.24, 2.45) is 0 Å². The number of fused-ring (bicyclic) bond motifs is 2. The molecule has 1 spiro atoms. The first-order chi connectivity index (χ1) is 15.6. The lowest BCUT2D eigenvalue weighted by atomic mass is 9.85. The predicted octanol–water partition coefficient (Wildman–Crippen LogP) is 2.63. The van der Waals surface area contributed by atoms with Gasteiger partial charge in [0.1, 0.15) is 17.2 Å². The molecule has 2 aliphatic rings. The van der Waals surface area contributed by atoms with E-state index in [1.165, 1.54) is 6.07 Å². The standard InChI is InChI=1S/C24H28F2N4O3/c1-15-21-16(2)30(28(3)4)14-24(7-9-33-10-8-24)29(21)13-19(22(15)31)23(32)27-12-17-5-6-18(25)11-20(17)26/h5-6,11,13H,2,7-10,12,14H2,1,3-4H3,(H,27,32). The van der Waals surface area contributed by atoms with Crippen molar-refractivity contribution in [2.75, 3.05) is 33.9 Å². The number of hydrazine groups is 1. The third kappa shape index (κ3) is 4.06. The summed E-state index contributed by atoms with van der Waals surface area (Å²) >= 11 is 0. The molecule has 0 unspecified atom stereocenters. The Morgan fingerprint density at radius 3 is 2.61 bits per heavy atom. The van der Waals surface area contributed by atoms with Gasteiger partial charge in [-0.15, -0.1) is 0 Å². The molecule has 1 aromatic carbocycles. The summed E-state index contributed by atoms with van der Waals surface area (Å²) in [6, 6.07) is 3.16. The van der Waals surface area contributed by atoms with E-state index in [0.717, 1.165) is 25.0 Å². The zero-order valence-corrected chi connectivity index (χ0v) is 19.1. The highest BCUT2D eigenvalue weighted by Crippen LogP contribution is 2.40. The Kier molecular flexibility index (Phi) is 6.11. The number of nitrogens with one attached hydrogen (secondary N) is 1. The molecule has 0 bridgehead atoms. The molecule has 4 rings (SSSR count). The molecule has 2 aliphatic heterocycles. The molecular weight excluding hydrogens is 430 g/mol. The zero-order valence-electron chi connectivity index (χ0n) is 19.1. The molecule has 9 heteroatoms. The van der Waals surface area contributed by atoms with Crippen LogP contribution in [0.1, 0.15) is 40.0 Å². The number of nitrogens with zero attached hydrogens (tertiary/aromatic N) is 3. The van der Waals surface area contributed by atoms with Crippen LogP contribution >= 0.6 is 0 Å². The van der Waals surface area contributed by atoms with E-state index in [-0.39, 0.29) is 23.2 Å². The first kappa shape index (κ1) is 23.1. The summed E-state index contributed by atoms with van der Waals surface area (Å²) in [5.41, 5.74) is 1.16. The zero-order chi connectivity index (χ0) is 23.9. The van der Waals surface area contributed by atoms with Gasteiger partial charge in [0.05, 0.1) is 23.5 Å². The molecule has 1 fully saturated rings. The van der Waals surface area contributed by atoms with Crippen LogP contribution in [0.15, 0.2) is 35.8 Å². The molecule has 176 valence electrons. The Hall–Kier alpha value is -3.04. The van der Waals surface area contributed by atoms with Crippen LogP contribution in [0.5, 0.6) is 0 Å². The molecule has 2 aromatic rings. The van der Waals surface area contributed by atoms with Crippen LogP contribution in [0.3, 0.4) is 0 Å². The number of amides is 1. The van der Waals surface area contributed by atoms with Crippen LogP contribution in [0, 0.1) is 18.6 Å². The smallest absolute Gasteiger partial charge is 0.257 e. The Morgan fingerprint density at radius 1 is 1.27 bits per heavy atom. The van der Waals surface area contributed by atoms with Crippen molar-refractivity contribution in [3.8, 4) is 0 Å². The fraction of sp³-hybridized carbons (Fsp3) is 0.417. The fourth-order valence-electron chi connectivity index (χ4n) is 4.68. The summed E-state index contributed by atoms with van der Waals surface area (Å²) < 4.78 is 34.7. The van der Waals surface area contributed by atoms with Crippen molar-refractivity contribution in [3.05, 3.63) is 75.2 Å². The van der Waals surface area contributed by atoms with Gasteiger partial charge in [0.15, 0.2) is 5.43 Å². The Bertz CT molecular complexity index is 1170. The highest BCUT2D eigenvalue weighted by Gasteiger charge is 2.43. The maximum Gasteiger partial charge on any atom is 0.257 e. The van der Waals surface area contributed by atoms with Crippen molar-refractivity contribution in [1.82, 2.24) is 19.9 Å². The van der Waals surface area contributed by atoms with E-state index in [0.29, 0.717) is 36.7 Å². The third-order valence-corrected chi connectivity index (χ3v) is 6.59. The highest BCUT2D eigenvalue weighted by molar-refractivity contribution is 5.94. The van der Waals surface area contributed by atoms with Crippen molar-refractivity contribution in [1.29, 1.82) is 0 Å². The van der Waals surface area contributed by atoms with Crippen molar-refractivity contribution in [2.45, 2.75) is 31.8 Å². The van der Waals surface area contributed by atoms with Gasteiger partial charge >= 0.3 is 0 Å². The lowest BCUT2D eigenvalue weighted by Crippen LogP contribution is -2.56. The lowest BCUT2D eigenvalue weighted by molar-refractivity contribution is -0.0331. The minimum Gasteiger partial charge on any atom is -0.381 e. The lowest BCUT2D eigenvalue weighted by Gasteiger charge is -2.51. The van der Waals surface area contributed by atoms with E-state index in [1.54, 1.807) is 13.1 Å². The summed E-state index contributed by atoms with van der Waals surface area (Å²) in [6.45, 7) is 7.55. The van der Waals surface area contributed by atoms with Crippen LogP contribution in [0.25, 0.3) is 5.70 Å². The predicted molar refractivity (Wildman–Crippen MR) is 120 cm³/mol. The number of halogens is 2. The van der Waals surface area contributed by atoms with Crippen LogP contribution < -0.4 is 10.7 Å². The van der Waals surface area contributed by atoms with Gasteiger partial charge in [0.2, 0.25) is 0 Å². The summed E-state index contributed by atoms with van der Waals surface area (Å²) in [5, 5.41) is 6.59. The van der Waals surface area contributed by atoms with Gasteiger partial charge in [0, 0.05) is 57.2 Å². The first-order valence-electron chi connectivity index (χ1n) is 10.9. The summed E-state index contributed by atoms with van der Waals surface area (Å²) in [4.78, 5) is 26.2. The van der Waals surface area contributed by atoms with E-state index < -0.39 is 23.0 Å². The molecule has 1 aromatic heterocycles. The van der Waals surface area contributed by atoms with Gasteiger partial charge in [0.25, 0.3) is 5.91 Å². The molecule has 7 nitrogen and oxygen atoms in total. The van der Waals surface area contributed by atoms with E-state index in [1.807, 2.05) is 28.7 Å². The van der Waals surface area contributed by atoms with Gasteiger partial charge in [-0.05, 0) is 25.8 Å². The molecule has 0 radical (unpaired) electrons. The third-order valence-electron chi connectivity index (χ3n) is 6.59. The van der Waals surface area contributed by atoms with E-state index in [2.05, 4.69) is 11.9 Å². The Labute approximate surface area is 191 Å². The number of aromatic nitrogens is 1. The van der Waals surface area contributed by atoms with Gasteiger partial charge in [-0.25, -0.2) is 13.8 Å². The average Bonchev–Trinajstić information content (AvgIpc) is 2.77.